The third-order valence-corrected chi connectivity index (χ3v) is 3.16. The molecule has 0 saturated heterocycles. The fourth-order valence-electron chi connectivity index (χ4n) is 2.14. The maximum absolute atomic E-state index is 12.1. The largest absolute Gasteiger partial charge is 0.498 e. The zero-order chi connectivity index (χ0) is 15.9. The van der Waals surface area contributed by atoms with Crippen molar-refractivity contribution >= 4 is 5.97 Å². The highest BCUT2D eigenvalue weighted by Crippen LogP contribution is 2.21. The van der Waals surface area contributed by atoms with E-state index in [4.69, 9.17) is 14.5 Å². The molecule has 124 valence electrons. The zero-order valence-corrected chi connectivity index (χ0v) is 14.2. The van der Waals surface area contributed by atoms with Crippen LogP contribution in [-0.4, -0.2) is 19.2 Å². The molecule has 0 unspecified atom stereocenters. The van der Waals surface area contributed by atoms with Crippen LogP contribution in [0.4, 0.5) is 0 Å². The molecule has 0 amide bonds. The lowest BCUT2D eigenvalue weighted by atomic mass is 10.0. The molecule has 0 aromatic carbocycles. The van der Waals surface area contributed by atoms with Crippen LogP contribution in [-0.2, 0) is 19.3 Å². The van der Waals surface area contributed by atoms with Crippen LogP contribution in [0.1, 0.15) is 79.1 Å². The number of carbonyl (C=O) groups is 1. The Morgan fingerprint density at radius 1 is 0.810 bits per heavy atom. The Bertz CT molecular complexity index is 297. The van der Waals surface area contributed by atoms with Crippen molar-refractivity contribution in [1.29, 1.82) is 0 Å². The monoisotopic (exact) mass is 300 g/mol. The Morgan fingerprint density at radius 2 is 1.52 bits per heavy atom. The molecule has 0 aliphatic carbocycles. The Hall–Kier alpha value is -1.03. The SMILES string of the molecule is CCCCCCC/C(OCC)=C(/CCC)C(=O)OOCC. The van der Waals surface area contributed by atoms with Gasteiger partial charge in [0.05, 0.1) is 18.8 Å². The molecular formula is C17H32O4. The number of hydrogen-bond acceptors (Lipinski definition) is 4. The summed E-state index contributed by atoms with van der Waals surface area (Å²) < 4.78 is 5.69. The minimum atomic E-state index is -0.407. The lowest BCUT2D eigenvalue weighted by Crippen LogP contribution is -2.13. The van der Waals surface area contributed by atoms with Crippen LogP contribution in [0.3, 0.4) is 0 Å². The van der Waals surface area contributed by atoms with Gasteiger partial charge in [0.15, 0.2) is 0 Å². The van der Waals surface area contributed by atoms with E-state index in [1.54, 1.807) is 6.92 Å². The summed E-state index contributed by atoms with van der Waals surface area (Å²) >= 11 is 0. The molecule has 0 radical (unpaired) electrons. The predicted molar refractivity (Wildman–Crippen MR) is 84.7 cm³/mol. The first kappa shape index (κ1) is 20.0. The summed E-state index contributed by atoms with van der Waals surface area (Å²) in [5.41, 5.74) is 0.628. The second-order valence-electron chi connectivity index (χ2n) is 5.03. The first-order valence-electron chi connectivity index (χ1n) is 8.39. The van der Waals surface area contributed by atoms with E-state index < -0.39 is 5.97 Å². The predicted octanol–water partition coefficient (Wildman–Crippen LogP) is 4.93. The lowest BCUT2D eigenvalue weighted by molar-refractivity contribution is -0.265. The van der Waals surface area contributed by atoms with Crippen molar-refractivity contribution in [3.63, 3.8) is 0 Å². The van der Waals surface area contributed by atoms with Crippen molar-refractivity contribution in [2.24, 2.45) is 0 Å². The second kappa shape index (κ2) is 13.9. The average Bonchev–Trinajstić information content (AvgIpc) is 2.49. The molecule has 0 aromatic rings. The van der Waals surface area contributed by atoms with Gasteiger partial charge in [-0.15, -0.1) is 0 Å². The molecule has 4 nitrogen and oxygen atoms in total. The number of rotatable bonds is 13. The van der Waals surface area contributed by atoms with E-state index in [-0.39, 0.29) is 0 Å². The molecule has 4 heteroatoms. The van der Waals surface area contributed by atoms with Crippen molar-refractivity contribution < 1.29 is 19.3 Å². The number of ether oxygens (including phenoxy) is 1. The smallest absolute Gasteiger partial charge is 0.372 e. The minimum Gasteiger partial charge on any atom is -0.498 e. The molecule has 0 N–H and O–H groups in total. The molecule has 0 atom stereocenters. The van der Waals surface area contributed by atoms with Crippen LogP contribution in [0.25, 0.3) is 0 Å². The molecule has 0 aromatic heterocycles. The summed E-state index contributed by atoms with van der Waals surface area (Å²) in [5, 5.41) is 0. The molecular weight excluding hydrogens is 268 g/mol. The van der Waals surface area contributed by atoms with E-state index in [0.717, 1.165) is 25.0 Å². The van der Waals surface area contributed by atoms with Gasteiger partial charge in [-0.3, -0.25) is 4.89 Å². The molecule has 0 spiro atoms. The van der Waals surface area contributed by atoms with Crippen molar-refractivity contribution in [3.05, 3.63) is 11.3 Å². The van der Waals surface area contributed by atoms with E-state index in [1.807, 2.05) is 13.8 Å². The third-order valence-electron chi connectivity index (χ3n) is 3.16. The van der Waals surface area contributed by atoms with E-state index in [0.29, 0.717) is 25.2 Å². The molecule has 0 aliphatic rings. The van der Waals surface area contributed by atoms with Gasteiger partial charge in [0, 0.05) is 6.42 Å². The molecule has 0 heterocycles. The lowest BCUT2D eigenvalue weighted by Gasteiger charge is -2.14. The van der Waals surface area contributed by atoms with Gasteiger partial charge in [0.25, 0.3) is 0 Å². The summed E-state index contributed by atoms with van der Waals surface area (Å²) in [7, 11) is 0. The van der Waals surface area contributed by atoms with Gasteiger partial charge in [-0.1, -0.05) is 46.0 Å². The Labute approximate surface area is 129 Å². The topological polar surface area (TPSA) is 44.8 Å². The van der Waals surface area contributed by atoms with Gasteiger partial charge in [0.1, 0.15) is 5.76 Å². The molecule has 0 aliphatic heterocycles. The highest BCUT2D eigenvalue weighted by atomic mass is 17.2. The summed E-state index contributed by atoms with van der Waals surface area (Å²) in [4.78, 5) is 21.6. The highest BCUT2D eigenvalue weighted by Gasteiger charge is 2.18. The van der Waals surface area contributed by atoms with Crippen LogP contribution >= 0.6 is 0 Å². The van der Waals surface area contributed by atoms with Gasteiger partial charge < -0.3 is 4.74 Å². The average molecular weight is 300 g/mol. The Balaban J connectivity index is 4.68. The van der Waals surface area contributed by atoms with Crippen LogP contribution in [0.2, 0.25) is 0 Å². The van der Waals surface area contributed by atoms with Gasteiger partial charge in [0.2, 0.25) is 0 Å². The first-order valence-corrected chi connectivity index (χ1v) is 8.39. The molecule has 0 bridgehead atoms. The van der Waals surface area contributed by atoms with Crippen LogP contribution in [0.15, 0.2) is 11.3 Å². The maximum atomic E-state index is 12.1. The normalized spacial score (nSPS) is 12.0. The van der Waals surface area contributed by atoms with Gasteiger partial charge in [-0.2, -0.15) is 4.89 Å². The minimum absolute atomic E-state index is 0.353. The zero-order valence-electron chi connectivity index (χ0n) is 14.2. The van der Waals surface area contributed by atoms with Crippen molar-refractivity contribution in [3.8, 4) is 0 Å². The van der Waals surface area contributed by atoms with Crippen molar-refractivity contribution in [1.82, 2.24) is 0 Å². The molecule has 0 rings (SSSR count). The van der Waals surface area contributed by atoms with Crippen molar-refractivity contribution in [2.45, 2.75) is 79.1 Å². The van der Waals surface area contributed by atoms with Crippen LogP contribution in [0.5, 0.6) is 0 Å². The molecule has 0 fully saturated rings. The van der Waals surface area contributed by atoms with E-state index in [2.05, 4.69) is 6.92 Å². The van der Waals surface area contributed by atoms with Gasteiger partial charge >= 0.3 is 5.97 Å². The fraction of sp³-hybridized carbons (Fsp3) is 0.824. The number of unbranched alkanes of at least 4 members (excludes halogenated alkanes) is 4. The first-order chi connectivity index (χ1) is 10.2. The molecule has 21 heavy (non-hydrogen) atoms. The number of allylic oxidation sites excluding steroid dienone is 1. The number of hydrogen-bond donors (Lipinski definition) is 0. The summed E-state index contributed by atoms with van der Waals surface area (Å²) in [6.45, 7) is 8.89. The van der Waals surface area contributed by atoms with E-state index in [9.17, 15) is 4.79 Å². The quantitative estimate of drug-likeness (QED) is 0.159. The standard InChI is InChI=1S/C17H32O4/c1-5-9-10-11-12-14-16(19-7-3)15(13-6-2)17(18)21-20-8-4/h5-14H2,1-4H3/b16-15+. The van der Waals surface area contributed by atoms with Gasteiger partial charge in [-0.05, 0) is 26.7 Å². The Morgan fingerprint density at radius 3 is 2.10 bits per heavy atom. The van der Waals surface area contributed by atoms with Crippen LogP contribution in [0, 0.1) is 0 Å². The third kappa shape index (κ3) is 9.51. The van der Waals surface area contributed by atoms with Crippen molar-refractivity contribution in [2.75, 3.05) is 13.2 Å². The van der Waals surface area contributed by atoms with E-state index >= 15 is 0 Å². The van der Waals surface area contributed by atoms with Crippen LogP contribution < -0.4 is 0 Å². The van der Waals surface area contributed by atoms with Gasteiger partial charge in [-0.25, -0.2) is 4.79 Å². The maximum Gasteiger partial charge on any atom is 0.372 e. The summed E-state index contributed by atoms with van der Waals surface area (Å²) in [6.07, 6.45) is 8.29. The van der Waals surface area contributed by atoms with E-state index in [1.165, 1.54) is 25.7 Å². The Kier molecular flexibility index (Phi) is 13.2. The molecule has 0 saturated carbocycles. The fourth-order valence-corrected chi connectivity index (χ4v) is 2.14. The summed E-state index contributed by atoms with van der Waals surface area (Å²) in [6, 6.07) is 0. The highest BCUT2D eigenvalue weighted by molar-refractivity contribution is 5.88. The summed E-state index contributed by atoms with van der Waals surface area (Å²) in [5.74, 6) is 0.372. The number of carbonyl (C=O) groups excluding carboxylic acids is 1. The second-order valence-corrected chi connectivity index (χ2v) is 5.03.